The highest BCUT2D eigenvalue weighted by atomic mass is 32.1. The number of carbonyl (C=O) groups excluding carboxylic acids is 1. The number of nitrogens with one attached hydrogen (secondary N) is 1. The van der Waals surface area contributed by atoms with E-state index in [9.17, 15) is 4.79 Å². The van der Waals surface area contributed by atoms with Crippen LogP contribution >= 0.6 is 22.7 Å². The van der Waals surface area contributed by atoms with E-state index in [1.165, 1.54) is 20.5 Å². The molecule has 1 aliphatic rings. The second kappa shape index (κ2) is 7.93. The first-order chi connectivity index (χ1) is 16.0. The summed E-state index contributed by atoms with van der Waals surface area (Å²) in [5.74, 6) is 0.0392. The Bertz CT molecular complexity index is 1500. The molecular formula is C26H22N4OS2. The van der Waals surface area contributed by atoms with Gasteiger partial charge in [-0.2, -0.15) is 0 Å². The third-order valence-electron chi connectivity index (χ3n) is 6.00. The fourth-order valence-electron chi connectivity index (χ4n) is 4.05. The molecule has 2 aromatic heterocycles. The second-order valence-corrected chi connectivity index (χ2v) is 10.7. The zero-order chi connectivity index (χ0) is 22.5. The first-order valence-electron chi connectivity index (χ1n) is 10.9. The van der Waals surface area contributed by atoms with Crippen molar-refractivity contribution in [3.8, 4) is 10.6 Å². The first kappa shape index (κ1) is 20.3. The minimum Gasteiger partial charge on any atom is -0.346 e. The molecule has 0 bridgehead atoms. The molecule has 1 N–H and O–H groups in total. The van der Waals surface area contributed by atoms with Gasteiger partial charge in [0.1, 0.15) is 5.01 Å². The van der Waals surface area contributed by atoms with Crippen molar-refractivity contribution in [2.24, 2.45) is 5.92 Å². The summed E-state index contributed by atoms with van der Waals surface area (Å²) >= 11 is 3.39. The van der Waals surface area contributed by atoms with Gasteiger partial charge in [0.05, 0.1) is 26.4 Å². The second-order valence-electron chi connectivity index (χ2n) is 8.63. The highest BCUT2D eigenvalue weighted by Gasteiger charge is 2.34. The van der Waals surface area contributed by atoms with Crippen LogP contribution in [0.5, 0.6) is 0 Å². The van der Waals surface area contributed by atoms with Crippen LogP contribution in [-0.2, 0) is 4.79 Å². The Labute approximate surface area is 199 Å². The summed E-state index contributed by atoms with van der Waals surface area (Å²) in [5.41, 5.74) is 6.40. The van der Waals surface area contributed by atoms with Crippen LogP contribution in [0.2, 0.25) is 0 Å². The van der Waals surface area contributed by atoms with Gasteiger partial charge in [-0.3, -0.25) is 4.79 Å². The van der Waals surface area contributed by atoms with Crippen molar-refractivity contribution in [2.45, 2.75) is 13.8 Å². The van der Waals surface area contributed by atoms with Crippen molar-refractivity contribution >= 4 is 59.8 Å². The Morgan fingerprint density at radius 2 is 1.52 bits per heavy atom. The lowest BCUT2D eigenvalue weighted by Crippen LogP contribution is -2.52. The molecule has 0 atom stereocenters. The number of fused-ring (bicyclic) bond motifs is 2. The van der Waals surface area contributed by atoms with Crippen LogP contribution in [0.1, 0.15) is 11.1 Å². The molecule has 0 saturated carbocycles. The Kier molecular flexibility index (Phi) is 4.89. The number of thiazole rings is 2. The van der Waals surface area contributed by atoms with E-state index < -0.39 is 0 Å². The molecule has 5 nitrogen and oxygen atoms in total. The summed E-state index contributed by atoms with van der Waals surface area (Å²) in [4.78, 5) is 24.4. The van der Waals surface area contributed by atoms with Gasteiger partial charge in [-0.05, 0) is 73.5 Å². The van der Waals surface area contributed by atoms with Crippen LogP contribution in [0.4, 0.5) is 10.8 Å². The largest absolute Gasteiger partial charge is 0.346 e. The zero-order valence-electron chi connectivity index (χ0n) is 18.3. The van der Waals surface area contributed by atoms with Crippen LogP contribution in [0, 0.1) is 19.8 Å². The Morgan fingerprint density at radius 1 is 0.879 bits per heavy atom. The monoisotopic (exact) mass is 470 g/mol. The van der Waals surface area contributed by atoms with E-state index in [0.29, 0.717) is 13.1 Å². The molecular weight excluding hydrogens is 448 g/mol. The number of hydrogen-bond donors (Lipinski definition) is 1. The summed E-state index contributed by atoms with van der Waals surface area (Å²) in [6.45, 7) is 5.59. The number of hydrogen-bond acceptors (Lipinski definition) is 6. The minimum absolute atomic E-state index is 0.0223. The van der Waals surface area contributed by atoms with E-state index >= 15 is 0 Å². The number of anilines is 2. The number of aryl methyl sites for hydroxylation is 2. The smallest absolute Gasteiger partial charge is 0.231 e. The Balaban J connectivity index is 1.09. The fraction of sp³-hybridized carbons (Fsp3) is 0.192. The van der Waals surface area contributed by atoms with Crippen LogP contribution in [0.15, 0.2) is 60.7 Å². The van der Waals surface area contributed by atoms with Gasteiger partial charge in [0.2, 0.25) is 5.91 Å². The summed E-state index contributed by atoms with van der Waals surface area (Å²) in [7, 11) is 0. The maximum Gasteiger partial charge on any atom is 0.231 e. The van der Waals surface area contributed by atoms with Gasteiger partial charge in [-0.15, -0.1) is 11.3 Å². The maximum absolute atomic E-state index is 12.7. The van der Waals surface area contributed by atoms with E-state index in [2.05, 4.69) is 60.5 Å². The lowest BCUT2D eigenvalue weighted by Gasteiger charge is -2.37. The van der Waals surface area contributed by atoms with Gasteiger partial charge in [-0.1, -0.05) is 23.5 Å². The Morgan fingerprint density at radius 3 is 2.21 bits per heavy atom. The minimum atomic E-state index is -0.0223. The summed E-state index contributed by atoms with van der Waals surface area (Å²) < 4.78 is 2.39. The molecule has 0 radical (unpaired) electrons. The lowest BCUT2D eigenvalue weighted by atomic mass is 10.00. The molecule has 0 unspecified atom stereocenters. The quantitative estimate of drug-likeness (QED) is 0.337. The van der Waals surface area contributed by atoms with Crippen molar-refractivity contribution < 1.29 is 4.79 Å². The highest BCUT2D eigenvalue weighted by Crippen LogP contribution is 2.34. The van der Waals surface area contributed by atoms with Crippen molar-refractivity contribution in [2.75, 3.05) is 23.3 Å². The van der Waals surface area contributed by atoms with Crippen LogP contribution in [-0.4, -0.2) is 29.0 Å². The van der Waals surface area contributed by atoms with E-state index in [1.807, 2.05) is 24.3 Å². The van der Waals surface area contributed by atoms with Crippen LogP contribution < -0.4 is 10.2 Å². The molecule has 1 aliphatic heterocycles. The van der Waals surface area contributed by atoms with Crippen molar-refractivity contribution in [1.82, 2.24) is 9.97 Å². The number of nitrogens with zero attached hydrogens (tertiary/aromatic N) is 3. The molecule has 0 aliphatic carbocycles. The van der Waals surface area contributed by atoms with E-state index in [-0.39, 0.29) is 11.8 Å². The molecule has 3 heterocycles. The van der Waals surface area contributed by atoms with E-state index in [1.54, 1.807) is 22.7 Å². The van der Waals surface area contributed by atoms with Gasteiger partial charge < -0.3 is 10.2 Å². The predicted octanol–water partition coefficient (Wildman–Crippen LogP) is 6.26. The summed E-state index contributed by atoms with van der Waals surface area (Å²) in [5, 5.41) is 5.05. The molecule has 1 saturated heterocycles. The average molecular weight is 471 g/mol. The SMILES string of the molecule is Cc1ccc2nc(-c3ccc(NC(=O)C4CN(c5nc6ccc(C)cc6s5)C4)cc3)sc2c1. The van der Waals surface area contributed by atoms with Gasteiger partial charge in [0.25, 0.3) is 0 Å². The molecule has 1 amide bonds. The molecule has 3 aromatic carbocycles. The number of rotatable bonds is 4. The molecule has 0 spiro atoms. The van der Waals surface area contributed by atoms with Crippen LogP contribution in [0.25, 0.3) is 31.0 Å². The van der Waals surface area contributed by atoms with Gasteiger partial charge in [0, 0.05) is 24.3 Å². The van der Waals surface area contributed by atoms with Gasteiger partial charge >= 0.3 is 0 Å². The standard InChI is InChI=1S/C26H22N4OS2/c1-15-3-9-20-22(11-15)32-25(28-20)17-5-7-19(8-6-17)27-24(31)18-13-30(14-18)26-29-21-10-4-16(2)12-23(21)33-26/h3-12,18H,13-14H2,1-2H3,(H,27,31). The third-order valence-corrected chi connectivity index (χ3v) is 8.15. The van der Waals surface area contributed by atoms with E-state index in [0.717, 1.165) is 32.4 Å². The van der Waals surface area contributed by atoms with Crippen molar-refractivity contribution in [3.63, 3.8) is 0 Å². The normalized spacial score (nSPS) is 14.1. The lowest BCUT2D eigenvalue weighted by molar-refractivity contribution is -0.120. The van der Waals surface area contributed by atoms with Crippen LogP contribution in [0.3, 0.4) is 0 Å². The number of carbonyl (C=O) groups is 1. The molecule has 5 aromatic rings. The van der Waals surface area contributed by atoms with Gasteiger partial charge in [0.15, 0.2) is 5.13 Å². The zero-order valence-corrected chi connectivity index (χ0v) is 20.0. The third kappa shape index (κ3) is 3.87. The molecule has 164 valence electrons. The maximum atomic E-state index is 12.7. The molecule has 7 heteroatoms. The first-order valence-corrected chi connectivity index (χ1v) is 12.6. The van der Waals surface area contributed by atoms with Crippen molar-refractivity contribution in [1.29, 1.82) is 0 Å². The fourth-order valence-corrected chi connectivity index (χ4v) is 6.20. The molecule has 33 heavy (non-hydrogen) atoms. The summed E-state index contributed by atoms with van der Waals surface area (Å²) in [6.07, 6.45) is 0. The predicted molar refractivity (Wildman–Crippen MR) is 138 cm³/mol. The molecule has 6 rings (SSSR count). The summed E-state index contributed by atoms with van der Waals surface area (Å²) in [6, 6.07) is 20.6. The van der Waals surface area contributed by atoms with Crippen molar-refractivity contribution in [3.05, 3.63) is 71.8 Å². The van der Waals surface area contributed by atoms with E-state index in [4.69, 9.17) is 9.97 Å². The number of amides is 1. The number of aromatic nitrogens is 2. The topological polar surface area (TPSA) is 58.1 Å². The Hall–Kier alpha value is -3.29. The molecule has 1 fully saturated rings. The number of benzene rings is 3. The van der Waals surface area contributed by atoms with Gasteiger partial charge in [-0.25, -0.2) is 9.97 Å². The highest BCUT2D eigenvalue weighted by molar-refractivity contribution is 7.22. The average Bonchev–Trinajstić information content (AvgIpc) is 3.36.